The molecule has 2 aliphatic rings. The van der Waals surface area contributed by atoms with Crippen LogP contribution in [0.25, 0.3) is 0 Å². The number of nitrogens with one attached hydrogen (secondary N) is 1. The van der Waals surface area contributed by atoms with Crippen molar-refractivity contribution in [3.63, 3.8) is 0 Å². The van der Waals surface area contributed by atoms with Gasteiger partial charge < -0.3 is 36.5 Å². The van der Waals surface area contributed by atoms with Crippen molar-refractivity contribution < 1.29 is 14.8 Å². The quantitative estimate of drug-likeness (QED) is 0.186. The number of nitrogens with two attached hydrogens (primary N) is 2. The Bertz CT molecular complexity index is 758. The number of nitrogens with zero attached hydrogens (tertiary/aromatic N) is 1. The third-order valence-corrected chi connectivity index (χ3v) is 5.74. The number of hydrogen-bond donors (Lipinski definition) is 5. The number of carbonyl (C=O) groups excluding carboxylic acids is 1. The maximum atomic E-state index is 12.1. The molecule has 142 valence electrons. The van der Waals surface area contributed by atoms with Gasteiger partial charge in [0, 0.05) is 31.1 Å². The minimum Gasteiger partial charge on any atom is -0.427 e. The van der Waals surface area contributed by atoms with Gasteiger partial charge in [-0.15, -0.1) is 0 Å². The van der Waals surface area contributed by atoms with E-state index < -0.39 is 23.5 Å². The fourth-order valence-electron chi connectivity index (χ4n) is 3.76. The highest BCUT2D eigenvalue weighted by molar-refractivity contribution is 6.40. The van der Waals surface area contributed by atoms with Crippen LogP contribution < -0.4 is 32.5 Å². The lowest BCUT2D eigenvalue weighted by molar-refractivity contribution is -0.112. The Kier molecular flexibility index (Phi) is 4.95. The van der Waals surface area contributed by atoms with Crippen LogP contribution in [0.2, 0.25) is 6.32 Å². The molecule has 0 radical (unpaired) electrons. The van der Waals surface area contributed by atoms with Crippen molar-refractivity contribution in [1.29, 1.82) is 0 Å². The van der Waals surface area contributed by atoms with Gasteiger partial charge in [0.25, 0.3) is 10.9 Å². The van der Waals surface area contributed by atoms with Gasteiger partial charge in [-0.05, 0) is 25.6 Å². The molecule has 2 fully saturated rings. The average molecular weight is 364 g/mol. The fraction of sp³-hybridized carbons (Fsp3) is 0.688. The third kappa shape index (κ3) is 3.29. The van der Waals surface area contributed by atoms with Crippen LogP contribution in [0.5, 0.6) is 0 Å². The van der Waals surface area contributed by atoms with Crippen molar-refractivity contribution >= 4 is 24.8 Å². The van der Waals surface area contributed by atoms with Gasteiger partial charge in [-0.25, -0.2) is 0 Å². The van der Waals surface area contributed by atoms with Crippen molar-refractivity contribution in [3.8, 4) is 0 Å². The predicted octanol–water partition coefficient (Wildman–Crippen LogP) is -2.23. The van der Waals surface area contributed by atoms with Gasteiger partial charge in [-0.2, -0.15) is 0 Å². The first-order chi connectivity index (χ1) is 12.2. The Labute approximate surface area is 151 Å². The van der Waals surface area contributed by atoms with Crippen LogP contribution in [0.3, 0.4) is 0 Å². The summed E-state index contributed by atoms with van der Waals surface area (Å²) in [5.74, 6) is -0.236. The molecule has 1 aromatic rings. The highest BCUT2D eigenvalue weighted by Crippen LogP contribution is 2.40. The average Bonchev–Trinajstić information content (AvgIpc) is 3.32. The summed E-state index contributed by atoms with van der Waals surface area (Å²) in [6.45, 7) is 0.899. The van der Waals surface area contributed by atoms with Crippen molar-refractivity contribution in [1.82, 2.24) is 0 Å². The molecule has 1 heterocycles. The monoisotopic (exact) mass is 364 g/mol. The van der Waals surface area contributed by atoms with E-state index in [2.05, 4.69) is 5.32 Å². The molecule has 26 heavy (non-hydrogen) atoms. The number of hydrogen-bond acceptors (Lipinski definition) is 9. The van der Waals surface area contributed by atoms with E-state index in [0.717, 1.165) is 12.8 Å². The van der Waals surface area contributed by atoms with Crippen molar-refractivity contribution in [2.45, 2.75) is 43.1 Å². The summed E-state index contributed by atoms with van der Waals surface area (Å²) >= 11 is 0. The van der Waals surface area contributed by atoms with Crippen molar-refractivity contribution in [2.75, 3.05) is 29.9 Å². The number of carbonyl (C=O) groups is 1. The molecule has 3 rings (SSSR count). The first kappa shape index (κ1) is 19.0. The minimum atomic E-state index is -1.40. The smallest absolute Gasteiger partial charge is 0.427 e. The molecule has 1 aliphatic carbocycles. The third-order valence-electron chi connectivity index (χ3n) is 5.74. The van der Waals surface area contributed by atoms with Crippen LogP contribution in [0, 0.1) is 5.92 Å². The van der Waals surface area contributed by atoms with Crippen LogP contribution in [0.4, 0.5) is 11.4 Å². The van der Waals surface area contributed by atoms with Crippen molar-refractivity contribution in [2.24, 2.45) is 17.4 Å². The predicted molar refractivity (Wildman–Crippen MR) is 98.9 cm³/mol. The van der Waals surface area contributed by atoms with Gasteiger partial charge in [-0.1, -0.05) is 6.42 Å². The Hall–Kier alpha value is -1.75. The van der Waals surface area contributed by atoms with E-state index in [-0.39, 0.29) is 35.7 Å². The van der Waals surface area contributed by atoms with Crippen LogP contribution >= 0.6 is 0 Å². The van der Waals surface area contributed by atoms with Gasteiger partial charge in [0.1, 0.15) is 17.7 Å². The van der Waals surface area contributed by atoms with E-state index in [1.807, 2.05) is 0 Å². The molecule has 0 unspecified atom stereocenters. The largest absolute Gasteiger partial charge is 0.451 e. The molecule has 9 nitrogen and oxygen atoms in total. The lowest BCUT2D eigenvalue weighted by atomic mass is 9.79. The molecule has 1 saturated carbocycles. The van der Waals surface area contributed by atoms with Crippen LogP contribution in [0.15, 0.2) is 9.59 Å². The Morgan fingerprint density at radius 1 is 1.31 bits per heavy atom. The van der Waals surface area contributed by atoms with Crippen LogP contribution in [0.1, 0.15) is 25.7 Å². The molecule has 0 spiro atoms. The number of rotatable bonds is 9. The van der Waals surface area contributed by atoms with E-state index in [9.17, 15) is 14.4 Å². The second-order valence-corrected chi connectivity index (χ2v) is 7.71. The molecule has 1 aromatic carbocycles. The van der Waals surface area contributed by atoms with E-state index in [0.29, 0.717) is 32.2 Å². The molecule has 7 N–H and O–H groups in total. The molecule has 0 aromatic heterocycles. The van der Waals surface area contributed by atoms with Crippen LogP contribution in [-0.2, 0) is 4.79 Å². The minimum absolute atomic E-state index is 0.151. The fourth-order valence-corrected chi connectivity index (χ4v) is 3.76. The normalized spacial score (nSPS) is 26.9. The SMILES string of the molecule is NCC1(Nc2c(N3C[C@H](CCCB(O)O)[C@](N)(C=O)C3)c(=O)c2=O)CC1. The lowest BCUT2D eigenvalue weighted by Crippen LogP contribution is -2.50. The van der Waals surface area contributed by atoms with Gasteiger partial charge in [0.15, 0.2) is 0 Å². The summed E-state index contributed by atoms with van der Waals surface area (Å²) in [5, 5.41) is 21.1. The van der Waals surface area contributed by atoms with Crippen LogP contribution in [-0.4, -0.2) is 54.2 Å². The molecule has 1 saturated heterocycles. The van der Waals surface area contributed by atoms with E-state index in [1.165, 1.54) is 0 Å². The molecule has 2 atom stereocenters. The summed E-state index contributed by atoms with van der Waals surface area (Å²) in [5.41, 5.74) is 9.96. The molecule has 1 aliphatic heterocycles. The van der Waals surface area contributed by atoms with Gasteiger partial charge >= 0.3 is 7.12 Å². The maximum absolute atomic E-state index is 12.1. The van der Waals surface area contributed by atoms with Gasteiger partial charge in [-0.3, -0.25) is 9.59 Å². The summed E-state index contributed by atoms with van der Waals surface area (Å²) < 4.78 is 0. The zero-order chi connectivity index (χ0) is 19.1. The Morgan fingerprint density at radius 2 is 2.00 bits per heavy atom. The van der Waals surface area contributed by atoms with E-state index in [1.54, 1.807) is 4.90 Å². The maximum Gasteiger partial charge on any atom is 0.451 e. The van der Waals surface area contributed by atoms with E-state index >= 15 is 0 Å². The molecule has 0 bridgehead atoms. The number of aldehydes is 1. The zero-order valence-electron chi connectivity index (χ0n) is 14.6. The van der Waals surface area contributed by atoms with Gasteiger partial charge in [0.2, 0.25) is 0 Å². The first-order valence-electron chi connectivity index (χ1n) is 8.93. The zero-order valence-corrected chi connectivity index (χ0v) is 14.6. The highest BCUT2D eigenvalue weighted by Gasteiger charge is 2.48. The second kappa shape index (κ2) is 6.77. The Balaban J connectivity index is 1.76. The molecule has 0 amide bonds. The molecule has 10 heteroatoms. The first-order valence-corrected chi connectivity index (χ1v) is 8.93. The van der Waals surface area contributed by atoms with Crippen molar-refractivity contribution in [3.05, 3.63) is 20.4 Å². The Morgan fingerprint density at radius 3 is 2.54 bits per heavy atom. The summed E-state index contributed by atoms with van der Waals surface area (Å²) in [4.78, 5) is 37.4. The summed E-state index contributed by atoms with van der Waals surface area (Å²) in [7, 11) is -1.40. The summed E-state index contributed by atoms with van der Waals surface area (Å²) in [6.07, 6.45) is 3.60. The topological polar surface area (TPSA) is 159 Å². The highest BCUT2D eigenvalue weighted by atomic mass is 16.4. The second-order valence-electron chi connectivity index (χ2n) is 7.71. The van der Waals surface area contributed by atoms with Gasteiger partial charge in [0.05, 0.1) is 5.54 Å². The molecular formula is C16H25BN4O5. The molecular weight excluding hydrogens is 339 g/mol. The number of anilines is 2. The standard InChI is InChI=1S/C16H25BN4O5/c18-7-15(3-4-15)20-11-12(14(24)13(11)23)21-6-10(2-1-5-17(25)26)16(19,8-21)9-22/h9-10,20,25-26H,1-8,18-19H2/t10-,16+/m0/s1. The summed E-state index contributed by atoms with van der Waals surface area (Å²) in [6, 6.07) is 0. The lowest BCUT2D eigenvalue weighted by Gasteiger charge is -2.26. The van der Waals surface area contributed by atoms with E-state index in [4.69, 9.17) is 21.5 Å².